The summed E-state index contributed by atoms with van der Waals surface area (Å²) in [4.78, 5) is 53.4. The zero-order chi connectivity index (χ0) is 23.8. The minimum atomic E-state index is -0.584. The summed E-state index contributed by atoms with van der Waals surface area (Å²) in [5.74, 6) is -1.17. The van der Waals surface area contributed by atoms with Gasteiger partial charge in [-0.2, -0.15) is 0 Å². The first kappa shape index (κ1) is 24.0. The van der Waals surface area contributed by atoms with Crippen molar-refractivity contribution in [1.82, 2.24) is 20.2 Å². The second-order valence-corrected chi connectivity index (χ2v) is 7.95. The van der Waals surface area contributed by atoms with E-state index in [0.717, 1.165) is 17.3 Å². The van der Waals surface area contributed by atoms with E-state index in [4.69, 9.17) is 4.74 Å². The lowest BCUT2D eigenvalue weighted by Gasteiger charge is -2.13. The quantitative estimate of drug-likeness (QED) is 0.296. The number of hydrogen-bond acceptors (Lipinski definition) is 7. The van der Waals surface area contributed by atoms with Crippen molar-refractivity contribution >= 4 is 40.6 Å². The first-order valence-corrected chi connectivity index (χ1v) is 11.3. The molecular formula is C23H24N4O5S. The van der Waals surface area contributed by atoms with E-state index in [1.165, 1.54) is 23.8 Å². The number of benzene rings is 2. The molecule has 0 radical (unpaired) electrons. The Morgan fingerprint density at radius 3 is 2.58 bits per heavy atom. The van der Waals surface area contributed by atoms with E-state index in [0.29, 0.717) is 35.6 Å². The van der Waals surface area contributed by atoms with Gasteiger partial charge in [0.25, 0.3) is 5.56 Å². The highest BCUT2D eigenvalue weighted by Crippen LogP contribution is 2.20. The van der Waals surface area contributed by atoms with Gasteiger partial charge in [-0.25, -0.2) is 14.6 Å². The molecule has 3 aromatic rings. The molecule has 0 saturated heterocycles. The summed E-state index contributed by atoms with van der Waals surface area (Å²) in [5.41, 5.74) is 1.36. The number of thioether (sulfide) groups is 1. The van der Waals surface area contributed by atoms with Gasteiger partial charge in [0.2, 0.25) is 5.91 Å². The summed E-state index contributed by atoms with van der Waals surface area (Å²) in [5, 5.41) is 5.38. The minimum absolute atomic E-state index is 0.114. The van der Waals surface area contributed by atoms with Crippen LogP contribution in [0.2, 0.25) is 0 Å². The van der Waals surface area contributed by atoms with E-state index < -0.39 is 17.9 Å². The van der Waals surface area contributed by atoms with E-state index in [1.54, 1.807) is 13.0 Å². The van der Waals surface area contributed by atoms with Crippen LogP contribution in [0.15, 0.2) is 58.5 Å². The Balaban J connectivity index is 1.93. The molecule has 9 nitrogen and oxygen atoms in total. The maximum absolute atomic E-state index is 13.3. The van der Waals surface area contributed by atoms with Crippen molar-refractivity contribution in [2.45, 2.75) is 25.0 Å². The van der Waals surface area contributed by atoms with Crippen molar-refractivity contribution in [3.8, 4) is 0 Å². The van der Waals surface area contributed by atoms with E-state index in [9.17, 15) is 19.2 Å². The standard InChI is InChI=1S/C23H24N4O5S/c1-3-24-22(31)26-19(28)14-33-23-25-18-13-16(21(30)32-2)9-10-17(18)20(29)27(23)12-11-15-7-5-4-6-8-15/h4-10,13H,3,11-12,14H2,1-2H3,(H2,24,26,28,31). The van der Waals surface area contributed by atoms with Crippen LogP contribution in [0.3, 0.4) is 0 Å². The zero-order valence-electron chi connectivity index (χ0n) is 18.3. The van der Waals surface area contributed by atoms with Crippen LogP contribution in [0.4, 0.5) is 4.79 Å². The fourth-order valence-electron chi connectivity index (χ4n) is 3.14. The number of carbonyl (C=O) groups is 3. The van der Waals surface area contributed by atoms with E-state index in [1.807, 2.05) is 30.3 Å². The summed E-state index contributed by atoms with van der Waals surface area (Å²) in [6.07, 6.45) is 0.590. The highest BCUT2D eigenvalue weighted by Gasteiger charge is 2.16. The van der Waals surface area contributed by atoms with E-state index in [-0.39, 0.29) is 16.9 Å². The number of nitrogens with one attached hydrogen (secondary N) is 2. The fraction of sp³-hybridized carbons (Fsp3) is 0.261. The molecule has 0 atom stereocenters. The molecule has 0 aliphatic rings. The fourth-order valence-corrected chi connectivity index (χ4v) is 3.96. The SMILES string of the molecule is CCNC(=O)NC(=O)CSc1nc2cc(C(=O)OC)ccc2c(=O)n1CCc1ccccc1. The first-order chi connectivity index (χ1) is 15.9. The van der Waals surface area contributed by atoms with Crippen LogP contribution in [-0.2, 0) is 22.5 Å². The van der Waals surface area contributed by atoms with Crippen LogP contribution in [0.25, 0.3) is 10.9 Å². The molecule has 0 fully saturated rings. The Bertz CT molecular complexity index is 1230. The molecule has 0 aliphatic heterocycles. The lowest BCUT2D eigenvalue weighted by Crippen LogP contribution is -2.40. The van der Waals surface area contributed by atoms with Gasteiger partial charge in [-0.1, -0.05) is 42.1 Å². The molecule has 0 spiro atoms. The number of methoxy groups -OCH3 is 1. The minimum Gasteiger partial charge on any atom is -0.465 e. The van der Waals surface area contributed by atoms with Gasteiger partial charge in [0, 0.05) is 13.1 Å². The van der Waals surface area contributed by atoms with Gasteiger partial charge >= 0.3 is 12.0 Å². The average molecular weight is 469 g/mol. The number of ether oxygens (including phenoxy) is 1. The Kier molecular flexibility index (Phi) is 8.20. The number of urea groups is 1. The topological polar surface area (TPSA) is 119 Å². The highest BCUT2D eigenvalue weighted by atomic mass is 32.2. The van der Waals surface area contributed by atoms with Gasteiger partial charge < -0.3 is 10.1 Å². The maximum atomic E-state index is 13.3. The molecule has 1 heterocycles. The van der Waals surface area contributed by atoms with Gasteiger partial charge in [0.1, 0.15) is 0 Å². The number of esters is 1. The predicted octanol–water partition coefficient (Wildman–Crippen LogP) is 2.36. The first-order valence-electron chi connectivity index (χ1n) is 10.3. The number of nitrogens with zero attached hydrogens (tertiary/aromatic N) is 2. The van der Waals surface area contributed by atoms with Gasteiger partial charge in [-0.05, 0) is 37.1 Å². The third-order valence-electron chi connectivity index (χ3n) is 4.73. The predicted molar refractivity (Wildman–Crippen MR) is 125 cm³/mol. The van der Waals surface area contributed by atoms with Crippen LogP contribution < -0.4 is 16.2 Å². The van der Waals surface area contributed by atoms with Gasteiger partial charge in [0.05, 0.1) is 29.3 Å². The number of hydrogen-bond donors (Lipinski definition) is 2. The smallest absolute Gasteiger partial charge is 0.337 e. The van der Waals surface area contributed by atoms with Crippen molar-refractivity contribution in [2.24, 2.45) is 0 Å². The van der Waals surface area contributed by atoms with Crippen molar-refractivity contribution < 1.29 is 19.1 Å². The molecule has 172 valence electrons. The maximum Gasteiger partial charge on any atom is 0.337 e. The van der Waals surface area contributed by atoms with Crippen LogP contribution in [0.5, 0.6) is 0 Å². The molecule has 3 rings (SSSR count). The highest BCUT2D eigenvalue weighted by molar-refractivity contribution is 7.99. The molecule has 0 bridgehead atoms. The molecule has 1 aromatic heterocycles. The van der Waals surface area contributed by atoms with E-state index in [2.05, 4.69) is 15.6 Å². The van der Waals surface area contributed by atoms with Crippen LogP contribution in [-0.4, -0.2) is 46.9 Å². The second-order valence-electron chi connectivity index (χ2n) is 7.01. The molecule has 0 unspecified atom stereocenters. The molecule has 2 aromatic carbocycles. The molecule has 0 aliphatic carbocycles. The number of amides is 3. The number of aryl methyl sites for hydroxylation is 1. The third kappa shape index (κ3) is 6.19. The largest absolute Gasteiger partial charge is 0.465 e. The molecular weight excluding hydrogens is 444 g/mol. The lowest BCUT2D eigenvalue weighted by molar-refractivity contribution is -0.117. The molecule has 2 N–H and O–H groups in total. The zero-order valence-corrected chi connectivity index (χ0v) is 19.1. The lowest BCUT2D eigenvalue weighted by atomic mass is 10.1. The summed E-state index contributed by atoms with van der Waals surface area (Å²) >= 11 is 1.04. The number of imide groups is 1. The Morgan fingerprint density at radius 2 is 1.88 bits per heavy atom. The third-order valence-corrected chi connectivity index (χ3v) is 5.71. The van der Waals surface area contributed by atoms with Crippen LogP contribution >= 0.6 is 11.8 Å². The van der Waals surface area contributed by atoms with Crippen LogP contribution in [0.1, 0.15) is 22.8 Å². The van der Waals surface area contributed by atoms with Gasteiger partial charge in [-0.15, -0.1) is 0 Å². The van der Waals surface area contributed by atoms with E-state index >= 15 is 0 Å². The van der Waals surface area contributed by atoms with Crippen molar-refractivity contribution in [3.63, 3.8) is 0 Å². The Hall–Kier alpha value is -3.66. The Labute approximate surface area is 194 Å². The van der Waals surface area contributed by atoms with Crippen molar-refractivity contribution in [3.05, 3.63) is 70.0 Å². The number of carbonyl (C=O) groups excluding carboxylic acids is 3. The monoisotopic (exact) mass is 468 g/mol. The summed E-state index contributed by atoms with van der Waals surface area (Å²) in [7, 11) is 1.27. The molecule has 10 heteroatoms. The summed E-state index contributed by atoms with van der Waals surface area (Å²) in [6.45, 7) is 2.48. The van der Waals surface area contributed by atoms with Gasteiger partial charge in [0.15, 0.2) is 5.16 Å². The number of fused-ring (bicyclic) bond motifs is 1. The number of aromatic nitrogens is 2. The van der Waals surface area contributed by atoms with Gasteiger partial charge in [-0.3, -0.25) is 19.5 Å². The summed E-state index contributed by atoms with van der Waals surface area (Å²) < 4.78 is 6.26. The van der Waals surface area contributed by atoms with Crippen LogP contribution in [0, 0.1) is 0 Å². The second kappa shape index (κ2) is 11.3. The average Bonchev–Trinajstić information content (AvgIpc) is 2.82. The number of rotatable bonds is 8. The molecule has 33 heavy (non-hydrogen) atoms. The van der Waals surface area contributed by atoms with Crippen molar-refractivity contribution in [1.29, 1.82) is 0 Å². The molecule has 3 amide bonds. The normalized spacial score (nSPS) is 10.6. The van der Waals surface area contributed by atoms with Crippen molar-refractivity contribution in [2.75, 3.05) is 19.4 Å². The summed E-state index contributed by atoms with van der Waals surface area (Å²) in [6, 6.07) is 13.7. The molecule has 0 saturated carbocycles. The Morgan fingerprint density at radius 1 is 1.12 bits per heavy atom.